The van der Waals surface area contributed by atoms with Gasteiger partial charge in [0.2, 0.25) is 5.89 Å². The van der Waals surface area contributed by atoms with Crippen molar-refractivity contribution in [3.63, 3.8) is 0 Å². The molecule has 18 heavy (non-hydrogen) atoms. The van der Waals surface area contributed by atoms with Gasteiger partial charge in [0.15, 0.2) is 5.58 Å². The molecule has 1 N–H and O–H groups in total. The van der Waals surface area contributed by atoms with Crippen molar-refractivity contribution in [3.05, 3.63) is 30.2 Å². The normalized spacial score (nSPS) is 31.7. The van der Waals surface area contributed by atoms with Crippen molar-refractivity contribution in [2.24, 2.45) is 11.8 Å². The van der Waals surface area contributed by atoms with E-state index in [1.807, 2.05) is 24.3 Å². The van der Waals surface area contributed by atoms with Crippen LogP contribution in [0.3, 0.4) is 0 Å². The molecule has 94 valence electrons. The first-order chi connectivity index (χ1) is 8.92. The van der Waals surface area contributed by atoms with Crippen LogP contribution in [-0.2, 0) is 0 Å². The molecule has 1 aromatic carbocycles. The minimum Gasteiger partial charge on any atom is -0.439 e. The first-order valence-electron chi connectivity index (χ1n) is 7.01. The summed E-state index contributed by atoms with van der Waals surface area (Å²) in [5, 5.41) is 3.62. The molecular formula is C15H18N2O. The maximum atomic E-state index is 5.93. The summed E-state index contributed by atoms with van der Waals surface area (Å²) in [4.78, 5) is 4.66. The number of hydrogen-bond acceptors (Lipinski definition) is 3. The van der Waals surface area contributed by atoms with Gasteiger partial charge in [0.05, 0.1) is 6.04 Å². The van der Waals surface area contributed by atoms with Gasteiger partial charge >= 0.3 is 0 Å². The summed E-state index contributed by atoms with van der Waals surface area (Å²) in [5.74, 6) is 2.45. The largest absolute Gasteiger partial charge is 0.439 e. The topological polar surface area (TPSA) is 38.1 Å². The molecule has 3 unspecified atom stereocenters. The molecular weight excluding hydrogens is 224 g/mol. The first-order valence-corrected chi connectivity index (χ1v) is 7.01. The Morgan fingerprint density at radius 1 is 1.17 bits per heavy atom. The lowest BCUT2D eigenvalue weighted by Crippen LogP contribution is -2.20. The lowest BCUT2D eigenvalue weighted by Gasteiger charge is -2.26. The summed E-state index contributed by atoms with van der Waals surface area (Å²) >= 11 is 0. The standard InChI is InChI=1S/C15H18N2O/c1-2-6-11-10(5-1)9-16-14(11)15-17-12-7-3-4-8-13(12)18-15/h3-4,7-8,10-11,14,16H,1-2,5-6,9H2. The number of nitrogens with one attached hydrogen (secondary N) is 1. The zero-order chi connectivity index (χ0) is 11.9. The van der Waals surface area contributed by atoms with Crippen LogP contribution in [0.15, 0.2) is 28.7 Å². The Balaban J connectivity index is 1.69. The van der Waals surface area contributed by atoms with Crippen molar-refractivity contribution in [1.29, 1.82) is 0 Å². The Bertz CT molecular complexity index is 529. The fraction of sp³-hybridized carbons (Fsp3) is 0.533. The molecule has 2 heterocycles. The number of oxazole rings is 1. The van der Waals surface area contributed by atoms with E-state index in [1.165, 1.54) is 25.7 Å². The molecule has 3 nitrogen and oxygen atoms in total. The Kier molecular flexibility index (Phi) is 2.40. The number of aromatic nitrogens is 1. The molecule has 0 bridgehead atoms. The lowest BCUT2D eigenvalue weighted by atomic mass is 9.78. The molecule has 0 spiro atoms. The van der Waals surface area contributed by atoms with Crippen LogP contribution in [0, 0.1) is 11.8 Å². The highest BCUT2D eigenvalue weighted by atomic mass is 16.3. The smallest absolute Gasteiger partial charge is 0.212 e. The first kappa shape index (κ1) is 10.6. The third kappa shape index (κ3) is 1.57. The maximum absolute atomic E-state index is 5.93. The number of benzene rings is 1. The van der Waals surface area contributed by atoms with Gasteiger partial charge in [-0.25, -0.2) is 4.98 Å². The highest BCUT2D eigenvalue weighted by Gasteiger charge is 2.40. The highest BCUT2D eigenvalue weighted by molar-refractivity contribution is 5.72. The van der Waals surface area contributed by atoms with Gasteiger partial charge in [0.1, 0.15) is 5.52 Å². The van der Waals surface area contributed by atoms with E-state index in [0.717, 1.165) is 35.4 Å². The lowest BCUT2D eigenvalue weighted by molar-refractivity contribution is 0.248. The summed E-state index contributed by atoms with van der Waals surface area (Å²) in [6.07, 6.45) is 5.44. The zero-order valence-electron chi connectivity index (χ0n) is 10.4. The summed E-state index contributed by atoms with van der Waals surface area (Å²) in [7, 11) is 0. The molecule has 2 aliphatic rings. The summed E-state index contributed by atoms with van der Waals surface area (Å²) in [6, 6.07) is 8.38. The van der Waals surface area contributed by atoms with Gasteiger partial charge in [-0.15, -0.1) is 0 Å². The third-order valence-electron chi connectivity index (χ3n) is 4.57. The maximum Gasteiger partial charge on any atom is 0.212 e. The molecule has 0 radical (unpaired) electrons. The summed E-state index contributed by atoms with van der Waals surface area (Å²) < 4.78 is 5.93. The van der Waals surface area contributed by atoms with E-state index in [1.54, 1.807) is 0 Å². The molecule has 2 fully saturated rings. The van der Waals surface area contributed by atoms with Crippen molar-refractivity contribution in [3.8, 4) is 0 Å². The predicted molar refractivity (Wildman–Crippen MR) is 70.2 cm³/mol. The molecule has 1 saturated carbocycles. The fourth-order valence-electron chi connectivity index (χ4n) is 3.65. The van der Waals surface area contributed by atoms with Gasteiger partial charge in [0, 0.05) is 0 Å². The fourth-order valence-corrected chi connectivity index (χ4v) is 3.65. The second-order valence-corrected chi connectivity index (χ2v) is 5.61. The Morgan fingerprint density at radius 3 is 3.00 bits per heavy atom. The minimum atomic E-state index is 0.336. The second kappa shape index (κ2) is 4.09. The molecule has 1 aromatic heterocycles. The number of rotatable bonds is 1. The van der Waals surface area contributed by atoms with Crippen LogP contribution in [0.5, 0.6) is 0 Å². The molecule has 1 aliphatic carbocycles. The number of nitrogens with zero attached hydrogens (tertiary/aromatic N) is 1. The van der Waals surface area contributed by atoms with Gasteiger partial charge in [0.25, 0.3) is 0 Å². The van der Waals surface area contributed by atoms with Gasteiger partial charge in [-0.1, -0.05) is 25.0 Å². The minimum absolute atomic E-state index is 0.336. The van der Waals surface area contributed by atoms with Gasteiger partial charge in [-0.05, 0) is 43.4 Å². The van der Waals surface area contributed by atoms with Crippen LogP contribution in [0.1, 0.15) is 37.6 Å². The Labute approximate surface area is 107 Å². The van der Waals surface area contributed by atoms with E-state index < -0.39 is 0 Å². The van der Waals surface area contributed by atoms with Crippen LogP contribution in [0.2, 0.25) is 0 Å². The summed E-state index contributed by atoms with van der Waals surface area (Å²) in [6.45, 7) is 1.13. The molecule has 2 aromatic rings. The SMILES string of the molecule is c1ccc2oc(C3NCC4CCCCC43)nc2c1. The third-order valence-corrected chi connectivity index (χ3v) is 4.57. The van der Waals surface area contributed by atoms with Gasteiger partial charge < -0.3 is 9.73 Å². The van der Waals surface area contributed by atoms with E-state index in [9.17, 15) is 0 Å². The Morgan fingerprint density at radius 2 is 2.06 bits per heavy atom. The molecule has 3 atom stereocenters. The van der Waals surface area contributed by atoms with Crippen LogP contribution in [0.25, 0.3) is 11.1 Å². The molecule has 1 aliphatic heterocycles. The average molecular weight is 242 g/mol. The van der Waals surface area contributed by atoms with Crippen molar-refractivity contribution in [1.82, 2.24) is 10.3 Å². The molecule has 3 heteroatoms. The number of hydrogen-bond donors (Lipinski definition) is 1. The second-order valence-electron chi connectivity index (χ2n) is 5.61. The average Bonchev–Trinajstić information content (AvgIpc) is 3.02. The van der Waals surface area contributed by atoms with Crippen LogP contribution in [-0.4, -0.2) is 11.5 Å². The van der Waals surface area contributed by atoms with Crippen LogP contribution >= 0.6 is 0 Å². The van der Waals surface area contributed by atoms with E-state index >= 15 is 0 Å². The van der Waals surface area contributed by atoms with Crippen molar-refractivity contribution in [2.45, 2.75) is 31.7 Å². The predicted octanol–water partition coefficient (Wildman–Crippen LogP) is 3.28. The quantitative estimate of drug-likeness (QED) is 0.834. The van der Waals surface area contributed by atoms with Crippen LogP contribution in [0.4, 0.5) is 0 Å². The van der Waals surface area contributed by atoms with Crippen LogP contribution < -0.4 is 5.32 Å². The number of fused-ring (bicyclic) bond motifs is 2. The van der Waals surface area contributed by atoms with E-state index in [-0.39, 0.29) is 0 Å². The van der Waals surface area contributed by atoms with E-state index in [2.05, 4.69) is 10.3 Å². The summed E-state index contributed by atoms with van der Waals surface area (Å²) in [5.41, 5.74) is 1.89. The monoisotopic (exact) mass is 242 g/mol. The van der Waals surface area contributed by atoms with Crippen molar-refractivity contribution in [2.75, 3.05) is 6.54 Å². The van der Waals surface area contributed by atoms with Crippen molar-refractivity contribution < 1.29 is 4.42 Å². The zero-order valence-corrected chi connectivity index (χ0v) is 10.4. The molecule has 0 amide bonds. The van der Waals surface area contributed by atoms with E-state index in [4.69, 9.17) is 4.42 Å². The molecule has 1 saturated heterocycles. The van der Waals surface area contributed by atoms with E-state index in [0.29, 0.717) is 6.04 Å². The Hall–Kier alpha value is -1.35. The number of para-hydroxylation sites is 2. The van der Waals surface area contributed by atoms with Gasteiger partial charge in [-0.2, -0.15) is 0 Å². The van der Waals surface area contributed by atoms with Gasteiger partial charge in [-0.3, -0.25) is 0 Å². The highest BCUT2D eigenvalue weighted by Crippen LogP contribution is 2.42. The van der Waals surface area contributed by atoms with Crippen molar-refractivity contribution >= 4 is 11.1 Å². The molecule has 4 rings (SSSR count).